The summed E-state index contributed by atoms with van der Waals surface area (Å²) in [5.41, 5.74) is 8.15. The molecule has 104 valence electrons. The molecule has 0 spiro atoms. The van der Waals surface area contributed by atoms with Crippen LogP contribution in [0.25, 0.3) is 22.8 Å². The maximum Gasteiger partial charge on any atom is 0.150 e. The molecule has 3 aromatic rings. The first-order chi connectivity index (χ1) is 10.9. The van der Waals surface area contributed by atoms with Crippen molar-refractivity contribution in [2.75, 3.05) is 0 Å². The van der Waals surface area contributed by atoms with Crippen LogP contribution in [0.1, 0.15) is 27.0 Å². The van der Waals surface area contributed by atoms with Gasteiger partial charge in [0.1, 0.15) is 6.29 Å². The van der Waals surface area contributed by atoms with Crippen LogP contribution in [0, 0.1) is 0 Å². The van der Waals surface area contributed by atoms with Crippen molar-refractivity contribution < 1.29 is 4.79 Å². The van der Waals surface area contributed by atoms with Crippen molar-refractivity contribution >= 4 is 17.9 Å². The van der Waals surface area contributed by atoms with Crippen molar-refractivity contribution in [2.24, 2.45) is 0 Å². The van der Waals surface area contributed by atoms with Crippen molar-refractivity contribution in [3.63, 3.8) is 0 Å². The number of carbonyl (C=O) groups is 1. The van der Waals surface area contributed by atoms with Gasteiger partial charge in [-0.1, -0.05) is 72.8 Å². The van der Waals surface area contributed by atoms with Gasteiger partial charge in [-0.05, 0) is 39.5 Å². The molecule has 0 fully saturated rings. The van der Waals surface area contributed by atoms with E-state index in [1.54, 1.807) is 0 Å². The zero-order valence-electron chi connectivity index (χ0n) is 12.0. The molecule has 1 nitrogen and oxygen atoms in total. The molecule has 0 aliphatic heterocycles. The third-order valence-electron chi connectivity index (χ3n) is 4.11. The molecular formula is C21H14O. The van der Waals surface area contributed by atoms with Crippen LogP contribution in [-0.2, 0) is 0 Å². The molecule has 0 unspecified atom stereocenters. The quantitative estimate of drug-likeness (QED) is 0.469. The van der Waals surface area contributed by atoms with Gasteiger partial charge in [-0.15, -0.1) is 0 Å². The fourth-order valence-corrected chi connectivity index (χ4v) is 3.04. The van der Waals surface area contributed by atoms with Crippen LogP contribution in [0.2, 0.25) is 0 Å². The molecule has 1 heteroatoms. The lowest BCUT2D eigenvalue weighted by molar-refractivity contribution is 0.112. The normalized spacial score (nSPS) is 11.7. The second kappa shape index (κ2) is 5.12. The molecule has 0 amide bonds. The van der Waals surface area contributed by atoms with Gasteiger partial charge in [-0.3, -0.25) is 4.79 Å². The fraction of sp³-hybridized carbons (Fsp3) is 0. The van der Waals surface area contributed by atoms with Gasteiger partial charge in [0, 0.05) is 5.56 Å². The summed E-state index contributed by atoms with van der Waals surface area (Å²) in [6.45, 7) is 0. The van der Waals surface area contributed by atoms with E-state index in [9.17, 15) is 4.79 Å². The molecule has 0 atom stereocenters. The van der Waals surface area contributed by atoms with E-state index in [-0.39, 0.29) is 0 Å². The highest BCUT2D eigenvalue weighted by Crippen LogP contribution is 2.44. The lowest BCUT2D eigenvalue weighted by Crippen LogP contribution is -1.83. The minimum atomic E-state index is 0.703. The van der Waals surface area contributed by atoms with E-state index < -0.39 is 0 Å². The minimum absolute atomic E-state index is 0.703. The number of aldehydes is 1. The molecule has 4 rings (SSSR count). The Kier molecular flexibility index (Phi) is 2.97. The lowest BCUT2D eigenvalue weighted by atomic mass is 10.0. The average molecular weight is 282 g/mol. The second-order valence-corrected chi connectivity index (χ2v) is 5.43. The van der Waals surface area contributed by atoms with Crippen molar-refractivity contribution in [1.82, 2.24) is 0 Å². The van der Waals surface area contributed by atoms with Crippen LogP contribution in [0.3, 0.4) is 0 Å². The summed E-state index contributed by atoms with van der Waals surface area (Å²) >= 11 is 0. The Morgan fingerprint density at radius 3 is 1.50 bits per heavy atom. The fourth-order valence-electron chi connectivity index (χ4n) is 3.04. The van der Waals surface area contributed by atoms with Crippen LogP contribution in [0.4, 0.5) is 0 Å². The predicted octanol–water partition coefficient (Wildman–Crippen LogP) is 5.07. The highest BCUT2D eigenvalue weighted by molar-refractivity contribution is 6.06. The van der Waals surface area contributed by atoms with Gasteiger partial charge in [0.15, 0.2) is 0 Å². The van der Waals surface area contributed by atoms with E-state index in [4.69, 9.17) is 0 Å². The summed E-state index contributed by atoms with van der Waals surface area (Å²) in [5, 5.41) is 0. The average Bonchev–Trinajstić information content (AvgIpc) is 2.90. The minimum Gasteiger partial charge on any atom is -0.298 e. The number of hydrogen-bond acceptors (Lipinski definition) is 1. The Morgan fingerprint density at radius 2 is 1.00 bits per heavy atom. The van der Waals surface area contributed by atoms with E-state index in [1.807, 2.05) is 24.3 Å². The van der Waals surface area contributed by atoms with Gasteiger partial charge in [-0.25, -0.2) is 0 Å². The maximum atomic E-state index is 10.8. The molecule has 1 aliphatic rings. The maximum absolute atomic E-state index is 10.8. The lowest BCUT2D eigenvalue weighted by Gasteiger charge is -2.03. The van der Waals surface area contributed by atoms with E-state index in [2.05, 4.69) is 54.6 Å². The molecule has 0 heterocycles. The highest BCUT2D eigenvalue weighted by atomic mass is 16.1. The molecule has 0 N–H and O–H groups in total. The molecule has 3 aromatic carbocycles. The largest absolute Gasteiger partial charge is 0.298 e. The Morgan fingerprint density at radius 1 is 0.545 bits per heavy atom. The van der Waals surface area contributed by atoms with Crippen LogP contribution in [-0.4, -0.2) is 6.29 Å². The van der Waals surface area contributed by atoms with Crippen LogP contribution in [0.5, 0.6) is 0 Å². The molecule has 22 heavy (non-hydrogen) atoms. The first kappa shape index (κ1) is 12.8. The van der Waals surface area contributed by atoms with Crippen LogP contribution >= 0.6 is 0 Å². The monoisotopic (exact) mass is 282 g/mol. The zero-order chi connectivity index (χ0) is 14.9. The molecule has 0 saturated carbocycles. The van der Waals surface area contributed by atoms with Gasteiger partial charge in [-0.2, -0.15) is 0 Å². The molecular weight excluding hydrogens is 268 g/mol. The van der Waals surface area contributed by atoms with Crippen molar-refractivity contribution in [1.29, 1.82) is 0 Å². The summed E-state index contributed by atoms with van der Waals surface area (Å²) in [6, 6.07) is 24.7. The molecule has 0 radical (unpaired) electrons. The summed E-state index contributed by atoms with van der Waals surface area (Å²) < 4.78 is 0. The Balaban J connectivity index is 1.90. The van der Waals surface area contributed by atoms with Gasteiger partial charge in [0.25, 0.3) is 0 Å². The number of carbonyl (C=O) groups excluding carboxylic acids is 1. The first-order valence-electron chi connectivity index (χ1n) is 7.33. The van der Waals surface area contributed by atoms with Crippen LogP contribution in [0.15, 0.2) is 72.8 Å². The molecule has 0 bridgehead atoms. The summed E-state index contributed by atoms with van der Waals surface area (Å²) in [6.07, 6.45) is 3.07. The standard InChI is InChI=1S/C21H14O/c22-14-16-11-9-15(10-12-16)13-21-19-7-3-1-5-17(19)18-6-2-4-8-20(18)21/h1-14H. The number of fused-ring (bicyclic) bond motifs is 3. The third-order valence-corrected chi connectivity index (χ3v) is 4.11. The predicted molar refractivity (Wildman–Crippen MR) is 90.7 cm³/mol. The van der Waals surface area contributed by atoms with Crippen molar-refractivity contribution in [3.8, 4) is 11.1 Å². The summed E-state index contributed by atoms with van der Waals surface area (Å²) in [5.74, 6) is 0. The molecule has 0 saturated heterocycles. The Hall–Kier alpha value is -2.93. The topological polar surface area (TPSA) is 17.1 Å². The van der Waals surface area contributed by atoms with Gasteiger partial charge in [0.05, 0.1) is 0 Å². The summed E-state index contributed by atoms with van der Waals surface area (Å²) in [4.78, 5) is 10.8. The number of rotatable bonds is 2. The van der Waals surface area contributed by atoms with Gasteiger partial charge < -0.3 is 0 Å². The number of hydrogen-bond donors (Lipinski definition) is 0. The Labute approximate surface area is 129 Å². The third kappa shape index (κ3) is 1.99. The van der Waals surface area contributed by atoms with Crippen molar-refractivity contribution in [2.45, 2.75) is 0 Å². The highest BCUT2D eigenvalue weighted by Gasteiger charge is 2.21. The van der Waals surface area contributed by atoms with E-state index in [0.29, 0.717) is 5.56 Å². The number of benzene rings is 3. The summed E-state index contributed by atoms with van der Waals surface area (Å²) in [7, 11) is 0. The first-order valence-corrected chi connectivity index (χ1v) is 7.33. The molecule has 1 aliphatic carbocycles. The molecule has 0 aromatic heterocycles. The second-order valence-electron chi connectivity index (χ2n) is 5.43. The zero-order valence-corrected chi connectivity index (χ0v) is 12.0. The Bertz CT molecular complexity index is 838. The smallest absolute Gasteiger partial charge is 0.150 e. The van der Waals surface area contributed by atoms with Gasteiger partial charge in [0.2, 0.25) is 0 Å². The van der Waals surface area contributed by atoms with E-state index >= 15 is 0 Å². The van der Waals surface area contributed by atoms with Gasteiger partial charge >= 0.3 is 0 Å². The van der Waals surface area contributed by atoms with E-state index in [0.717, 1.165) is 11.8 Å². The SMILES string of the molecule is O=Cc1ccc(C=C2c3ccccc3-c3ccccc32)cc1. The van der Waals surface area contributed by atoms with Crippen molar-refractivity contribution in [3.05, 3.63) is 95.1 Å². The van der Waals surface area contributed by atoms with E-state index in [1.165, 1.54) is 27.8 Å². The van der Waals surface area contributed by atoms with Crippen LogP contribution < -0.4 is 0 Å².